The summed E-state index contributed by atoms with van der Waals surface area (Å²) in [4.78, 5) is 25.6. The quantitative estimate of drug-likeness (QED) is 0.791. The van der Waals surface area contributed by atoms with Crippen molar-refractivity contribution in [2.75, 3.05) is 6.61 Å². The average molecular weight is 274 g/mol. The molecule has 0 unspecified atom stereocenters. The number of benzene rings is 1. The minimum absolute atomic E-state index is 0.103. The summed E-state index contributed by atoms with van der Waals surface area (Å²) in [5, 5.41) is 9.92. The summed E-state index contributed by atoms with van der Waals surface area (Å²) in [6.45, 7) is 1.73. The molecule has 1 aliphatic rings. The van der Waals surface area contributed by atoms with Crippen LogP contribution in [0.15, 0.2) is 40.1 Å². The van der Waals surface area contributed by atoms with Gasteiger partial charge in [-0.25, -0.2) is 4.79 Å². The fraction of sp³-hybridized carbons (Fsp3) is 0.286. The lowest BCUT2D eigenvalue weighted by Crippen LogP contribution is -2.37. The number of rotatable bonds is 1. The van der Waals surface area contributed by atoms with E-state index in [1.54, 1.807) is 19.1 Å². The number of aliphatic hydroxyl groups excluding tert-OH is 1. The van der Waals surface area contributed by atoms with Gasteiger partial charge in [0.05, 0.1) is 6.61 Å². The first-order valence-corrected chi connectivity index (χ1v) is 6.28. The molecule has 1 aliphatic heterocycles. The van der Waals surface area contributed by atoms with Crippen molar-refractivity contribution in [3.8, 4) is 0 Å². The highest BCUT2D eigenvalue weighted by atomic mass is 16.5. The topological polar surface area (TPSA) is 84.3 Å². The predicted octanol–water partition coefficient (Wildman–Crippen LogP) is 0.456. The van der Waals surface area contributed by atoms with Crippen LogP contribution in [0.3, 0.4) is 0 Å². The van der Waals surface area contributed by atoms with Gasteiger partial charge in [-0.2, -0.15) is 0 Å². The molecular formula is C14H14N2O4. The van der Waals surface area contributed by atoms with Crippen molar-refractivity contribution >= 4 is 0 Å². The summed E-state index contributed by atoms with van der Waals surface area (Å²) in [6.07, 6.45) is 0.125. The molecule has 0 radical (unpaired) electrons. The standard InChI is InChI=1S/C14H14N2O4/c1-8-6-16(14(19)15-12(8)18)13-10-5-3-2-4-9(10)11(17)7-20-13/h2-6,11,13,17H,7H2,1H3,(H,15,18,19)/t11-,13+/m1/s1. The first-order valence-electron chi connectivity index (χ1n) is 6.28. The van der Waals surface area contributed by atoms with Crippen LogP contribution in [0, 0.1) is 6.92 Å². The van der Waals surface area contributed by atoms with Gasteiger partial charge in [-0.1, -0.05) is 24.3 Å². The Morgan fingerprint density at radius 1 is 1.30 bits per heavy atom. The second-order valence-corrected chi connectivity index (χ2v) is 4.81. The fourth-order valence-electron chi connectivity index (χ4n) is 2.39. The minimum Gasteiger partial charge on any atom is -0.386 e. The van der Waals surface area contributed by atoms with Crippen LogP contribution in [0.4, 0.5) is 0 Å². The number of nitrogens with one attached hydrogen (secondary N) is 1. The molecule has 104 valence electrons. The van der Waals surface area contributed by atoms with Gasteiger partial charge in [-0.05, 0) is 12.5 Å². The molecule has 0 amide bonds. The number of hydrogen-bond donors (Lipinski definition) is 2. The Morgan fingerprint density at radius 3 is 2.75 bits per heavy atom. The molecule has 6 nitrogen and oxygen atoms in total. The van der Waals surface area contributed by atoms with Crippen LogP contribution in [0.2, 0.25) is 0 Å². The van der Waals surface area contributed by atoms with Crippen molar-refractivity contribution in [2.24, 2.45) is 0 Å². The van der Waals surface area contributed by atoms with E-state index in [4.69, 9.17) is 4.74 Å². The lowest BCUT2D eigenvalue weighted by molar-refractivity contribution is -0.0450. The normalized spacial score (nSPS) is 21.5. The number of aromatic nitrogens is 2. The number of nitrogens with zero attached hydrogens (tertiary/aromatic N) is 1. The number of ether oxygens (including phenoxy) is 1. The van der Waals surface area contributed by atoms with E-state index in [2.05, 4.69) is 4.98 Å². The third kappa shape index (κ3) is 1.99. The maximum Gasteiger partial charge on any atom is 0.330 e. The maximum atomic E-state index is 11.9. The zero-order chi connectivity index (χ0) is 14.3. The molecule has 0 aliphatic carbocycles. The van der Waals surface area contributed by atoms with Crippen LogP contribution < -0.4 is 11.2 Å². The van der Waals surface area contributed by atoms with Gasteiger partial charge in [0.25, 0.3) is 5.56 Å². The molecule has 0 spiro atoms. The molecule has 1 aromatic carbocycles. The van der Waals surface area contributed by atoms with Crippen molar-refractivity contribution in [2.45, 2.75) is 19.3 Å². The number of aryl methyl sites for hydroxylation is 1. The summed E-state index contributed by atoms with van der Waals surface area (Å²) < 4.78 is 6.90. The van der Waals surface area contributed by atoms with E-state index < -0.39 is 23.6 Å². The second kappa shape index (κ2) is 4.73. The Labute approximate surface area is 114 Å². The number of hydrogen-bond acceptors (Lipinski definition) is 4. The van der Waals surface area contributed by atoms with Gasteiger partial charge >= 0.3 is 5.69 Å². The molecule has 2 atom stereocenters. The molecule has 2 heterocycles. The minimum atomic E-state index is -0.706. The smallest absolute Gasteiger partial charge is 0.330 e. The molecule has 2 N–H and O–H groups in total. The maximum absolute atomic E-state index is 11.9. The number of H-pyrrole nitrogens is 1. The zero-order valence-corrected chi connectivity index (χ0v) is 10.9. The van der Waals surface area contributed by atoms with Crippen LogP contribution in [0.5, 0.6) is 0 Å². The molecule has 6 heteroatoms. The van der Waals surface area contributed by atoms with Crippen LogP contribution in [0.1, 0.15) is 29.0 Å². The zero-order valence-electron chi connectivity index (χ0n) is 10.9. The summed E-state index contributed by atoms with van der Waals surface area (Å²) in [5.74, 6) is 0. The Bertz CT molecular complexity index is 762. The van der Waals surface area contributed by atoms with Gasteiger partial charge in [-0.15, -0.1) is 0 Å². The molecule has 20 heavy (non-hydrogen) atoms. The van der Waals surface area contributed by atoms with E-state index >= 15 is 0 Å². The van der Waals surface area contributed by atoms with Gasteiger partial charge in [0.2, 0.25) is 0 Å². The van der Waals surface area contributed by atoms with E-state index in [9.17, 15) is 14.7 Å². The lowest BCUT2D eigenvalue weighted by atomic mass is 9.99. The molecule has 3 rings (SSSR count). The SMILES string of the molecule is Cc1cn([C@H]2OC[C@@H](O)c3ccccc32)c(=O)[nH]c1=O. The first-order chi connectivity index (χ1) is 9.58. The summed E-state index contributed by atoms with van der Waals surface area (Å²) >= 11 is 0. The Kier molecular flexibility index (Phi) is 3.04. The van der Waals surface area contributed by atoms with E-state index in [-0.39, 0.29) is 6.61 Å². The summed E-state index contributed by atoms with van der Waals surface area (Å²) in [5.41, 5.74) is 0.947. The molecule has 0 bridgehead atoms. The molecular weight excluding hydrogens is 260 g/mol. The average Bonchev–Trinajstić information content (AvgIpc) is 2.44. The third-order valence-corrected chi connectivity index (χ3v) is 3.43. The highest BCUT2D eigenvalue weighted by Gasteiger charge is 2.28. The first kappa shape index (κ1) is 12.8. The van der Waals surface area contributed by atoms with Crippen LogP contribution in [0.25, 0.3) is 0 Å². The monoisotopic (exact) mass is 274 g/mol. The van der Waals surface area contributed by atoms with E-state index in [0.29, 0.717) is 5.56 Å². The van der Waals surface area contributed by atoms with E-state index in [0.717, 1.165) is 11.1 Å². The summed E-state index contributed by atoms with van der Waals surface area (Å²) in [6, 6.07) is 7.25. The molecule has 0 saturated heterocycles. The summed E-state index contributed by atoms with van der Waals surface area (Å²) in [7, 11) is 0. The predicted molar refractivity (Wildman–Crippen MR) is 71.6 cm³/mol. The van der Waals surface area contributed by atoms with Gasteiger partial charge in [0.15, 0.2) is 6.23 Å². The number of fused-ring (bicyclic) bond motifs is 1. The van der Waals surface area contributed by atoms with Crippen molar-refractivity contribution in [3.63, 3.8) is 0 Å². The Morgan fingerprint density at radius 2 is 2.00 bits per heavy atom. The van der Waals surface area contributed by atoms with Crippen LogP contribution >= 0.6 is 0 Å². The van der Waals surface area contributed by atoms with Gasteiger partial charge < -0.3 is 9.84 Å². The van der Waals surface area contributed by atoms with Crippen molar-refractivity contribution in [3.05, 3.63) is 68.0 Å². The molecule has 2 aromatic rings. The van der Waals surface area contributed by atoms with Crippen molar-refractivity contribution in [1.29, 1.82) is 0 Å². The van der Waals surface area contributed by atoms with Crippen molar-refractivity contribution < 1.29 is 9.84 Å². The van der Waals surface area contributed by atoms with Crippen LogP contribution in [-0.2, 0) is 4.74 Å². The highest BCUT2D eigenvalue weighted by Crippen LogP contribution is 2.32. The number of aliphatic hydroxyl groups is 1. The number of aromatic amines is 1. The van der Waals surface area contributed by atoms with Gasteiger partial charge in [0.1, 0.15) is 6.10 Å². The van der Waals surface area contributed by atoms with E-state index in [1.165, 1.54) is 10.8 Å². The third-order valence-electron chi connectivity index (χ3n) is 3.43. The molecule has 1 aromatic heterocycles. The lowest BCUT2D eigenvalue weighted by Gasteiger charge is -2.30. The van der Waals surface area contributed by atoms with E-state index in [1.807, 2.05) is 12.1 Å². The second-order valence-electron chi connectivity index (χ2n) is 4.81. The van der Waals surface area contributed by atoms with Gasteiger partial charge in [0, 0.05) is 17.3 Å². The largest absolute Gasteiger partial charge is 0.386 e. The Balaban J connectivity index is 2.17. The fourth-order valence-corrected chi connectivity index (χ4v) is 2.39. The van der Waals surface area contributed by atoms with Crippen LogP contribution in [-0.4, -0.2) is 21.3 Å². The van der Waals surface area contributed by atoms with Crippen molar-refractivity contribution in [1.82, 2.24) is 9.55 Å². The van der Waals surface area contributed by atoms with Gasteiger partial charge in [-0.3, -0.25) is 14.3 Å². The molecule has 0 saturated carbocycles. The highest BCUT2D eigenvalue weighted by molar-refractivity contribution is 5.33. The Hall–Kier alpha value is -2.18. The molecule has 0 fully saturated rings.